The molecule has 5 atom stereocenters. The molecule has 178 valence electrons. The van der Waals surface area contributed by atoms with Crippen LogP contribution in [0, 0.1) is 23.7 Å². The Balaban J connectivity index is 0.00000289. The molecule has 2 aliphatic heterocycles. The number of hydrogen-bond donors (Lipinski definition) is 2. The molecule has 3 amide bonds. The van der Waals surface area contributed by atoms with E-state index in [-0.39, 0.29) is 78.0 Å². The van der Waals surface area contributed by atoms with Gasteiger partial charge in [0.15, 0.2) is 5.96 Å². The summed E-state index contributed by atoms with van der Waals surface area (Å²) >= 11 is 0. The van der Waals surface area contributed by atoms with Gasteiger partial charge < -0.3 is 20.3 Å². The number of aliphatic imine (C=N–C) groups is 1. The molecule has 10 heteroatoms. The van der Waals surface area contributed by atoms with Gasteiger partial charge in [0.05, 0.1) is 17.9 Å². The van der Waals surface area contributed by atoms with E-state index < -0.39 is 0 Å². The maximum Gasteiger partial charge on any atom is 0.243 e. The van der Waals surface area contributed by atoms with E-state index in [4.69, 9.17) is 4.74 Å². The fraction of sp³-hybridized carbons (Fsp3) is 0.727. The summed E-state index contributed by atoms with van der Waals surface area (Å²) in [6.45, 7) is 2.07. The van der Waals surface area contributed by atoms with Crippen LogP contribution in [0.4, 0.5) is 0 Å². The lowest BCUT2D eigenvalue weighted by atomic mass is 9.85. The number of guanidine groups is 1. The molecule has 0 aromatic carbocycles. The number of likely N-dealkylation sites (N-methyl/N-ethyl adjacent to an activating group) is 1. The molecule has 0 aromatic rings. The zero-order valence-electron chi connectivity index (χ0n) is 18.8. The second-order valence-corrected chi connectivity index (χ2v) is 9.08. The van der Waals surface area contributed by atoms with E-state index in [2.05, 4.69) is 27.8 Å². The highest BCUT2D eigenvalue weighted by molar-refractivity contribution is 14.0. The van der Waals surface area contributed by atoms with Crippen molar-refractivity contribution in [2.24, 2.45) is 28.7 Å². The third kappa shape index (κ3) is 5.27. The molecule has 3 fully saturated rings. The van der Waals surface area contributed by atoms with Gasteiger partial charge in [0.25, 0.3) is 0 Å². The van der Waals surface area contributed by atoms with Crippen LogP contribution in [0.1, 0.15) is 25.7 Å². The number of allylic oxidation sites excluding steroid dienone is 2. The number of nitrogens with one attached hydrogen (secondary N) is 2. The Kier molecular flexibility index (Phi) is 8.54. The molecule has 2 heterocycles. The minimum Gasteiger partial charge on any atom is -0.376 e. The van der Waals surface area contributed by atoms with Gasteiger partial charge in [-0.15, -0.1) is 24.0 Å². The number of hydrogen-bond acceptors (Lipinski definition) is 5. The lowest BCUT2D eigenvalue weighted by molar-refractivity contribution is -0.140. The summed E-state index contributed by atoms with van der Waals surface area (Å²) in [5, 5.41) is 6.42. The molecule has 1 saturated carbocycles. The zero-order valence-corrected chi connectivity index (χ0v) is 21.1. The number of likely N-dealkylation sites (tertiary alicyclic amines) is 1. The maximum atomic E-state index is 12.8. The number of amides is 3. The van der Waals surface area contributed by atoms with Crippen LogP contribution in [-0.2, 0) is 19.1 Å². The van der Waals surface area contributed by atoms with Gasteiger partial charge in [0.1, 0.15) is 6.54 Å². The van der Waals surface area contributed by atoms with E-state index in [0.29, 0.717) is 25.6 Å². The number of ether oxygens (including phenoxy) is 1. The summed E-state index contributed by atoms with van der Waals surface area (Å²) in [4.78, 5) is 44.8. The molecule has 0 aromatic heterocycles. The summed E-state index contributed by atoms with van der Waals surface area (Å²) in [7, 11) is 3.38. The molecule has 0 spiro atoms. The molecule has 4 rings (SSSR count). The number of rotatable bonds is 7. The van der Waals surface area contributed by atoms with Crippen molar-refractivity contribution in [2.45, 2.75) is 31.8 Å². The van der Waals surface area contributed by atoms with Crippen molar-refractivity contribution in [3.63, 3.8) is 0 Å². The van der Waals surface area contributed by atoms with Gasteiger partial charge in [-0.2, -0.15) is 0 Å². The van der Waals surface area contributed by atoms with Gasteiger partial charge in [0, 0.05) is 40.3 Å². The molecule has 4 aliphatic rings. The monoisotopic (exact) mass is 559 g/mol. The Bertz CT molecular complexity index is 750. The molecule has 2 aliphatic carbocycles. The van der Waals surface area contributed by atoms with Crippen LogP contribution in [-0.4, -0.2) is 86.5 Å². The quantitative estimate of drug-likeness (QED) is 0.156. The summed E-state index contributed by atoms with van der Waals surface area (Å²) in [5.74, 6) is 0.398. The van der Waals surface area contributed by atoms with Crippen molar-refractivity contribution in [2.75, 3.05) is 46.9 Å². The van der Waals surface area contributed by atoms with E-state index in [9.17, 15) is 14.4 Å². The predicted octanol–water partition coefficient (Wildman–Crippen LogP) is 0.604. The first kappa shape index (κ1) is 24.9. The molecule has 2 bridgehead atoms. The van der Waals surface area contributed by atoms with Crippen molar-refractivity contribution in [1.29, 1.82) is 0 Å². The average Bonchev–Trinajstić information content (AvgIpc) is 3.45. The van der Waals surface area contributed by atoms with Crippen molar-refractivity contribution < 1.29 is 19.1 Å². The number of carbonyl (C=O) groups is 3. The van der Waals surface area contributed by atoms with Crippen molar-refractivity contribution in [3.8, 4) is 0 Å². The summed E-state index contributed by atoms with van der Waals surface area (Å²) in [6, 6.07) is 0. The molecular weight excluding hydrogens is 525 g/mol. The highest BCUT2D eigenvalue weighted by Crippen LogP contribution is 2.52. The predicted molar refractivity (Wildman–Crippen MR) is 130 cm³/mol. The Labute approximate surface area is 206 Å². The van der Waals surface area contributed by atoms with Gasteiger partial charge >= 0.3 is 0 Å². The molecule has 32 heavy (non-hydrogen) atoms. The fourth-order valence-corrected chi connectivity index (χ4v) is 5.11. The first-order valence-electron chi connectivity index (χ1n) is 11.3. The molecule has 9 nitrogen and oxygen atoms in total. The minimum absolute atomic E-state index is 0. The number of fused-ring (bicyclic) bond motifs is 5. The van der Waals surface area contributed by atoms with Crippen molar-refractivity contribution >= 4 is 47.7 Å². The van der Waals surface area contributed by atoms with Crippen LogP contribution >= 0.6 is 24.0 Å². The van der Waals surface area contributed by atoms with Crippen LogP contribution in [0.15, 0.2) is 17.1 Å². The number of carbonyl (C=O) groups excluding carboxylic acids is 3. The van der Waals surface area contributed by atoms with E-state index in [1.807, 2.05) is 0 Å². The highest BCUT2D eigenvalue weighted by Gasteiger charge is 2.58. The number of nitrogens with zero attached hydrogens (tertiary/aromatic N) is 3. The van der Waals surface area contributed by atoms with Gasteiger partial charge in [0.2, 0.25) is 17.7 Å². The molecule has 5 unspecified atom stereocenters. The fourth-order valence-electron chi connectivity index (χ4n) is 5.11. The van der Waals surface area contributed by atoms with E-state index in [1.54, 1.807) is 14.1 Å². The first-order valence-corrected chi connectivity index (χ1v) is 11.3. The summed E-state index contributed by atoms with van der Waals surface area (Å²) in [5.41, 5.74) is 0. The molecule has 0 radical (unpaired) electrons. The normalized spacial score (nSPS) is 30.9. The van der Waals surface area contributed by atoms with Gasteiger partial charge in [-0.3, -0.25) is 19.3 Å². The topological polar surface area (TPSA) is 103 Å². The first-order chi connectivity index (χ1) is 15.0. The molecule has 2 N–H and O–H groups in total. The Morgan fingerprint density at radius 1 is 1.16 bits per heavy atom. The van der Waals surface area contributed by atoms with E-state index >= 15 is 0 Å². The number of halogens is 1. The van der Waals surface area contributed by atoms with Crippen molar-refractivity contribution in [3.05, 3.63) is 12.2 Å². The lowest BCUT2D eigenvalue weighted by Crippen LogP contribution is -2.46. The Hall–Kier alpha value is -1.69. The second-order valence-electron chi connectivity index (χ2n) is 9.08. The maximum absolute atomic E-state index is 12.8. The second kappa shape index (κ2) is 11.0. The Morgan fingerprint density at radius 3 is 2.44 bits per heavy atom. The van der Waals surface area contributed by atoms with Crippen LogP contribution < -0.4 is 10.6 Å². The Morgan fingerprint density at radius 2 is 1.84 bits per heavy atom. The molecule has 2 saturated heterocycles. The summed E-state index contributed by atoms with van der Waals surface area (Å²) < 4.78 is 5.75. The van der Waals surface area contributed by atoms with Crippen LogP contribution in [0.25, 0.3) is 0 Å². The van der Waals surface area contributed by atoms with Crippen LogP contribution in [0.2, 0.25) is 0 Å². The van der Waals surface area contributed by atoms with E-state index in [1.165, 1.54) is 9.80 Å². The summed E-state index contributed by atoms with van der Waals surface area (Å²) in [6.07, 6.45) is 8.48. The molecular formula is C22H34IN5O4. The van der Waals surface area contributed by atoms with Gasteiger partial charge in [-0.05, 0) is 37.5 Å². The largest absolute Gasteiger partial charge is 0.376 e. The highest BCUT2D eigenvalue weighted by atomic mass is 127. The van der Waals surface area contributed by atoms with Crippen LogP contribution in [0.5, 0.6) is 0 Å². The van der Waals surface area contributed by atoms with Crippen molar-refractivity contribution in [1.82, 2.24) is 20.4 Å². The van der Waals surface area contributed by atoms with Gasteiger partial charge in [-0.25, -0.2) is 4.99 Å². The SMILES string of the molecule is CN(C)C(=O)CN=C(NCCN1C(=O)C2C3C=CC(C3)C2C1=O)NCC1CCCCO1.I. The minimum atomic E-state index is -0.171. The van der Waals surface area contributed by atoms with Crippen LogP contribution in [0.3, 0.4) is 0 Å². The third-order valence-corrected chi connectivity index (χ3v) is 6.83. The zero-order chi connectivity index (χ0) is 22.0. The smallest absolute Gasteiger partial charge is 0.243 e. The average molecular weight is 559 g/mol. The lowest BCUT2D eigenvalue weighted by Gasteiger charge is -2.24. The van der Waals surface area contributed by atoms with E-state index in [0.717, 1.165) is 32.3 Å². The third-order valence-electron chi connectivity index (χ3n) is 6.83. The number of imide groups is 1. The van der Waals surface area contributed by atoms with Gasteiger partial charge in [-0.1, -0.05) is 12.2 Å². The standard InChI is InChI=1S/C22H33N5O4.HI/c1-26(2)17(28)13-25-22(24-12-16-5-3-4-10-31-16)23-8-9-27-20(29)18-14-6-7-15(11-14)19(18)21(27)30;/h6-7,14-16,18-19H,3-5,8-13H2,1-2H3,(H2,23,24,25);1H.